The summed E-state index contributed by atoms with van der Waals surface area (Å²) in [6.45, 7) is 9.85. The lowest BCUT2D eigenvalue weighted by molar-refractivity contribution is 0.968. The van der Waals surface area contributed by atoms with Crippen molar-refractivity contribution >= 4 is 43.4 Å². The predicted octanol–water partition coefficient (Wildman–Crippen LogP) is 10.8. The molecular weight excluding hydrogens is 507 g/mol. The van der Waals surface area contributed by atoms with E-state index in [0.29, 0.717) is 11.1 Å². The number of allylic oxidation sites excluding steroid dienone is 2. The SMILES string of the molecule is CC1=Cc2c(-c3ccc(Cl)cc3)cccc2C1[Si](C)(C)C1C(C)=Cc2c(-c3ccc(Cl)cc3)cccc21. The standard InChI is InChI=1S/C34H30Cl2Si/c1-21-19-31-27(23-11-15-25(35)16-12-23)7-5-9-29(31)33(21)37(3,4)34-22(2)20-32-28(8-6-10-30(32)34)24-13-17-26(36)18-14-24/h5-20,33-34H,1-4H3. The van der Waals surface area contributed by atoms with Crippen LogP contribution in [0.5, 0.6) is 0 Å². The van der Waals surface area contributed by atoms with Crippen molar-refractivity contribution in [1.82, 2.24) is 0 Å². The summed E-state index contributed by atoms with van der Waals surface area (Å²) in [6, 6.07) is 30.2. The topological polar surface area (TPSA) is 0 Å². The molecule has 0 radical (unpaired) electrons. The van der Waals surface area contributed by atoms with Crippen molar-refractivity contribution in [3.63, 3.8) is 0 Å². The molecule has 0 heterocycles. The highest BCUT2D eigenvalue weighted by atomic mass is 35.5. The minimum Gasteiger partial charge on any atom is -0.0843 e. The highest BCUT2D eigenvalue weighted by Crippen LogP contribution is 2.54. The van der Waals surface area contributed by atoms with Crippen molar-refractivity contribution in [2.24, 2.45) is 0 Å². The van der Waals surface area contributed by atoms with E-state index in [1.54, 1.807) is 0 Å². The molecule has 0 N–H and O–H groups in total. The van der Waals surface area contributed by atoms with E-state index in [2.05, 4.69) is 99.8 Å². The summed E-state index contributed by atoms with van der Waals surface area (Å²) in [4.78, 5) is 0. The first-order valence-electron chi connectivity index (χ1n) is 12.9. The average molecular weight is 538 g/mol. The second-order valence-electron chi connectivity index (χ2n) is 11.1. The van der Waals surface area contributed by atoms with Crippen LogP contribution >= 0.6 is 23.2 Å². The number of hydrogen-bond acceptors (Lipinski definition) is 0. The summed E-state index contributed by atoms with van der Waals surface area (Å²) in [5.74, 6) is 0. The summed E-state index contributed by atoms with van der Waals surface area (Å²) in [5, 5.41) is 1.55. The van der Waals surface area contributed by atoms with E-state index in [0.717, 1.165) is 10.0 Å². The van der Waals surface area contributed by atoms with E-state index in [-0.39, 0.29) is 0 Å². The second-order valence-corrected chi connectivity index (χ2v) is 16.8. The highest BCUT2D eigenvalue weighted by molar-refractivity contribution is 6.81. The molecule has 0 aliphatic heterocycles. The van der Waals surface area contributed by atoms with Gasteiger partial charge in [0.15, 0.2) is 0 Å². The summed E-state index contributed by atoms with van der Waals surface area (Å²) in [6.07, 6.45) is 4.88. The van der Waals surface area contributed by atoms with Crippen LogP contribution in [-0.4, -0.2) is 8.07 Å². The first-order chi connectivity index (χ1) is 17.8. The molecule has 0 saturated heterocycles. The highest BCUT2D eigenvalue weighted by Gasteiger charge is 2.47. The van der Waals surface area contributed by atoms with Crippen molar-refractivity contribution in [2.45, 2.75) is 38.0 Å². The average Bonchev–Trinajstić information content (AvgIpc) is 3.41. The summed E-state index contributed by atoms with van der Waals surface area (Å²) >= 11 is 12.4. The van der Waals surface area contributed by atoms with Gasteiger partial charge in [-0.25, -0.2) is 0 Å². The van der Waals surface area contributed by atoms with Crippen LogP contribution in [-0.2, 0) is 0 Å². The number of rotatable bonds is 4. The summed E-state index contributed by atoms with van der Waals surface area (Å²) in [7, 11) is -1.91. The molecule has 6 rings (SSSR count). The van der Waals surface area contributed by atoms with Crippen LogP contribution in [0.15, 0.2) is 96.1 Å². The maximum atomic E-state index is 6.19. The molecule has 4 aromatic rings. The largest absolute Gasteiger partial charge is 0.0843 e. The Morgan fingerprint density at radius 3 is 1.30 bits per heavy atom. The van der Waals surface area contributed by atoms with Crippen LogP contribution in [0.1, 0.15) is 47.2 Å². The monoisotopic (exact) mass is 536 g/mol. The lowest BCUT2D eigenvalue weighted by atomic mass is 9.97. The molecule has 4 aromatic carbocycles. The summed E-state index contributed by atoms with van der Waals surface area (Å²) in [5.41, 5.74) is 14.7. The van der Waals surface area contributed by atoms with Crippen LogP contribution in [0.3, 0.4) is 0 Å². The van der Waals surface area contributed by atoms with E-state index in [1.807, 2.05) is 24.3 Å². The number of halogens is 2. The van der Waals surface area contributed by atoms with Crippen molar-refractivity contribution in [2.75, 3.05) is 0 Å². The molecule has 2 unspecified atom stereocenters. The van der Waals surface area contributed by atoms with E-state index in [9.17, 15) is 0 Å². The van der Waals surface area contributed by atoms with Gasteiger partial charge in [0, 0.05) is 21.1 Å². The van der Waals surface area contributed by atoms with E-state index >= 15 is 0 Å². The third kappa shape index (κ3) is 4.05. The van der Waals surface area contributed by atoms with Gasteiger partial charge in [0.2, 0.25) is 0 Å². The molecule has 2 aliphatic rings. The fraction of sp³-hybridized carbons (Fsp3) is 0.176. The quantitative estimate of drug-likeness (QED) is 0.227. The fourth-order valence-corrected chi connectivity index (χ4v) is 12.2. The zero-order valence-corrected chi connectivity index (χ0v) is 24.2. The molecule has 2 atom stereocenters. The number of hydrogen-bond donors (Lipinski definition) is 0. The minimum absolute atomic E-state index is 0.466. The Morgan fingerprint density at radius 1 is 0.541 bits per heavy atom. The molecule has 0 spiro atoms. The summed E-state index contributed by atoms with van der Waals surface area (Å²) < 4.78 is 0. The van der Waals surface area contributed by atoms with Crippen LogP contribution in [0.2, 0.25) is 23.1 Å². The Morgan fingerprint density at radius 2 is 0.919 bits per heavy atom. The Kier molecular flexibility index (Phi) is 6.07. The van der Waals surface area contributed by atoms with Crippen LogP contribution in [0, 0.1) is 0 Å². The molecule has 2 aliphatic carbocycles. The van der Waals surface area contributed by atoms with Gasteiger partial charge in [-0.2, -0.15) is 0 Å². The zero-order valence-electron chi connectivity index (χ0n) is 21.6. The van der Waals surface area contributed by atoms with Crippen molar-refractivity contribution in [3.05, 3.63) is 128 Å². The molecule has 0 amide bonds. The first kappa shape index (κ1) is 24.5. The lowest BCUT2D eigenvalue weighted by Crippen LogP contribution is -2.42. The Hall–Kier alpha value is -2.84. The number of fused-ring (bicyclic) bond motifs is 2. The van der Waals surface area contributed by atoms with Gasteiger partial charge in [-0.05, 0) is 82.6 Å². The lowest BCUT2D eigenvalue weighted by Gasteiger charge is -2.39. The van der Waals surface area contributed by atoms with Gasteiger partial charge in [-0.3, -0.25) is 0 Å². The molecule has 0 fully saturated rings. The number of benzene rings is 4. The maximum absolute atomic E-state index is 6.19. The van der Waals surface area contributed by atoms with Crippen LogP contribution < -0.4 is 0 Å². The van der Waals surface area contributed by atoms with E-state index in [4.69, 9.17) is 23.2 Å². The van der Waals surface area contributed by atoms with Gasteiger partial charge < -0.3 is 0 Å². The Balaban J connectivity index is 1.44. The van der Waals surface area contributed by atoms with Crippen molar-refractivity contribution in [3.8, 4) is 22.3 Å². The van der Waals surface area contributed by atoms with Crippen LogP contribution in [0.25, 0.3) is 34.4 Å². The van der Waals surface area contributed by atoms with Gasteiger partial charge in [-0.1, -0.05) is 120 Å². The van der Waals surface area contributed by atoms with Crippen molar-refractivity contribution in [1.29, 1.82) is 0 Å². The normalized spacial score (nSPS) is 18.3. The zero-order chi connectivity index (χ0) is 25.9. The molecule has 37 heavy (non-hydrogen) atoms. The van der Waals surface area contributed by atoms with E-state index < -0.39 is 8.07 Å². The molecule has 0 aromatic heterocycles. The first-order valence-corrected chi connectivity index (χ1v) is 16.8. The third-order valence-corrected chi connectivity index (χ3v) is 13.4. The Labute approximate surface area is 231 Å². The van der Waals surface area contributed by atoms with Gasteiger partial charge >= 0.3 is 0 Å². The predicted molar refractivity (Wildman–Crippen MR) is 164 cm³/mol. The van der Waals surface area contributed by atoms with Crippen LogP contribution in [0.4, 0.5) is 0 Å². The second kappa shape index (κ2) is 9.17. The smallest absolute Gasteiger partial charge is 0.0722 e. The Bertz CT molecular complexity index is 1450. The molecule has 3 heteroatoms. The minimum atomic E-state index is -1.91. The molecule has 0 nitrogen and oxygen atoms in total. The molecule has 0 saturated carbocycles. The molecule has 184 valence electrons. The maximum Gasteiger partial charge on any atom is 0.0722 e. The van der Waals surface area contributed by atoms with Gasteiger partial charge in [0.05, 0.1) is 8.07 Å². The van der Waals surface area contributed by atoms with Gasteiger partial charge in [-0.15, -0.1) is 0 Å². The van der Waals surface area contributed by atoms with E-state index in [1.165, 1.54) is 55.7 Å². The third-order valence-electron chi connectivity index (χ3n) is 8.35. The molecular formula is C34H30Cl2Si. The molecule has 0 bridgehead atoms. The van der Waals surface area contributed by atoms with Gasteiger partial charge in [0.25, 0.3) is 0 Å². The fourth-order valence-electron chi connectivity index (χ4n) is 7.01. The van der Waals surface area contributed by atoms with Gasteiger partial charge in [0.1, 0.15) is 0 Å². The van der Waals surface area contributed by atoms with Crippen molar-refractivity contribution < 1.29 is 0 Å².